The molecule has 1 fully saturated rings. The second-order valence-electron chi connectivity index (χ2n) is 7.75. The highest BCUT2D eigenvalue weighted by Crippen LogP contribution is 2.37. The van der Waals surface area contributed by atoms with Gasteiger partial charge in [0, 0.05) is 25.4 Å². The molecule has 0 radical (unpaired) electrons. The normalized spacial score (nSPS) is 22.1. The van der Waals surface area contributed by atoms with Crippen LogP contribution < -0.4 is 10.6 Å². The van der Waals surface area contributed by atoms with Crippen LogP contribution in [0.2, 0.25) is 0 Å². The van der Waals surface area contributed by atoms with Crippen LogP contribution in [0, 0.1) is 17.2 Å². The Morgan fingerprint density at radius 3 is 2.81 bits per heavy atom. The predicted octanol–water partition coefficient (Wildman–Crippen LogP) is 4.34. The number of pyridine rings is 1. The van der Waals surface area contributed by atoms with Gasteiger partial charge in [0.05, 0.1) is 23.2 Å². The van der Waals surface area contributed by atoms with Gasteiger partial charge in [-0.3, -0.25) is 9.69 Å². The van der Waals surface area contributed by atoms with Gasteiger partial charge in [-0.05, 0) is 37.7 Å². The molecule has 3 heterocycles. The molecule has 2 aliphatic rings. The SMILES string of the molecule is CCCCCC(=O)C1CCN(C2(Cl)N=CNC(Nc3ccc(SC)nc3)=C2C#N)CC1. The van der Waals surface area contributed by atoms with Crippen LogP contribution >= 0.6 is 23.4 Å². The molecule has 9 heteroatoms. The van der Waals surface area contributed by atoms with Crippen molar-refractivity contribution >= 4 is 41.2 Å². The number of aromatic nitrogens is 1. The molecule has 1 saturated heterocycles. The van der Waals surface area contributed by atoms with E-state index in [1.165, 1.54) is 6.34 Å². The van der Waals surface area contributed by atoms with E-state index in [1.807, 2.05) is 23.3 Å². The largest absolute Gasteiger partial charge is 0.340 e. The molecule has 31 heavy (non-hydrogen) atoms. The number of rotatable bonds is 9. The zero-order valence-electron chi connectivity index (χ0n) is 18.0. The lowest BCUT2D eigenvalue weighted by atomic mass is 9.89. The number of ketones is 1. The number of anilines is 1. The van der Waals surface area contributed by atoms with Gasteiger partial charge < -0.3 is 10.6 Å². The van der Waals surface area contributed by atoms with Crippen molar-refractivity contribution in [3.63, 3.8) is 0 Å². The zero-order valence-corrected chi connectivity index (χ0v) is 19.6. The third kappa shape index (κ3) is 5.59. The minimum atomic E-state index is -1.29. The van der Waals surface area contributed by atoms with Crippen LogP contribution in [0.5, 0.6) is 0 Å². The fraction of sp³-hybridized carbons (Fsp3) is 0.545. The van der Waals surface area contributed by atoms with Crippen LogP contribution in [0.4, 0.5) is 5.69 Å². The highest BCUT2D eigenvalue weighted by Gasteiger charge is 2.44. The molecular formula is C22H29ClN6OS. The second-order valence-corrected chi connectivity index (χ2v) is 9.10. The van der Waals surface area contributed by atoms with Gasteiger partial charge in [-0.25, -0.2) is 9.98 Å². The number of Topliss-reactive ketones (excluding diaryl/α,β-unsaturated/α-hetero) is 1. The molecule has 166 valence electrons. The lowest BCUT2D eigenvalue weighted by Crippen LogP contribution is -2.52. The van der Waals surface area contributed by atoms with E-state index in [0.717, 1.165) is 42.8 Å². The molecule has 0 amide bonds. The average molecular weight is 461 g/mol. The summed E-state index contributed by atoms with van der Waals surface area (Å²) in [5.74, 6) is 0.918. The topological polar surface area (TPSA) is 93.4 Å². The molecule has 0 saturated carbocycles. The molecular weight excluding hydrogens is 432 g/mol. The fourth-order valence-electron chi connectivity index (χ4n) is 3.91. The summed E-state index contributed by atoms with van der Waals surface area (Å²) in [5.41, 5.74) is 1.05. The summed E-state index contributed by atoms with van der Waals surface area (Å²) >= 11 is 8.48. The highest BCUT2D eigenvalue weighted by molar-refractivity contribution is 7.98. The molecule has 2 N–H and O–H groups in total. The van der Waals surface area contributed by atoms with E-state index in [1.54, 1.807) is 18.0 Å². The Morgan fingerprint density at radius 2 is 2.19 bits per heavy atom. The summed E-state index contributed by atoms with van der Waals surface area (Å²) in [6, 6.07) is 6.04. The van der Waals surface area contributed by atoms with Crippen LogP contribution in [0.3, 0.4) is 0 Å². The number of alkyl halides is 1. The third-order valence-electron chi connectivity index (χ3n) is 5.74. The van der Waals surface area contributed by atoms with Crippen molar-refractivity contribution in [3.05, 3.63) is 29.7 Å². The van der Waals surface area contributed by atoms with Crippen molar-refractivity contribution in [3.8, 4) is 6.07 Å². The third-order valence-corrected chi connectivity index (χ3v) is 6.92. The van der Waals surface area contributed by atoms with Crippen molar-refractivity contribution in [2.24, 2.45) is 10.9 Å². The first-order chi connectivity index (χ1) is 15.0. The molecule has 0 spiro atoms. The van der Waals surface area contributed by atoms with Gasteiger partial charge in [-0.1, -0.05) is 31.4 Å². The molecule has 7 nitrogen and oxygen atoms in total. The monoisotopic (exact) mass is 460 g/mol. The molecule has 2 aliphatic heterocycles. The van der Waals surface area contributed by atoms with Crippen molar-refractivity contribution in [2.45, 2.75) is 55.6 Å². The van der Waals surface area contributed by atoms with Crippen LogP contribution in [0.15, 0.2) is 39.7 Å². The number of carbonyl (C=O) groups excluding carboxylic acids is 1. The number of nitriles is 1. The Bertz CT molecular complexity index is 873. The maximum absolute atomic E-state index is 12.5. The lowest BCUT2D eigenvalue weighted by molar-refractivity contribution is -0.124. The minimum Gasteiger partial charge on any atom is -0.340 e. The van der Waals surface area contributed by atoms with E-state index in [2.05, 4.69) is 33.6 Å². The maximum Gasteiger partial charge on any atom is 0.230 e. The molecule has 1 unspecified atom stereocenters. The molecule has 0 aliphatic carbocycles. The van der Waals surface area contributed by atoms with Crippen molar-refractivity contribution in [1.29, 1.82) is 5.26 Å². The lowest BCUT2D eigenvalue weighted by Gasteiger charge is -2.41. The quantitative estimate of drug-likeness (QED) is 0.245. The van der Waals surface area contributed by atoms with Crippen molar-refractivity contribution in [1.82, 2.24) is 15.2 Å². The fourth-order valence-corrected chi connectivity index (χ4v) is 4.63. The summed E-state index contributed by atoms with van der Waals surface area (Å²) < 4.78 is 0. The first-order valence-electron chi connectivity index (χ1n) is 10.7. The Morgan fingerprint density at radius 1 is 1.42 bits per heavy atom. The van der Waals surface area contributed by atoms with E-state index >= 15 is 0 Å². The van der Waals surface area contributed by atoms with Gasteiger partial charge in [0.15, 0.2) is 0 Å². The Labute approximate surface area is 193 Å². The number of carbonyl (C=O) groups is 1. The molecule has 0 bridgehead atoms. The minimum absolute atomic E-state index is 0.0761. The number of halogens is 1. The predicted molar refractivity (Wildman–Crippen MR) is 126 cm³/mol. The summed E-state index contributed by atoms with van der Waals surface area (Å²) in [6.07, 6.45) is 10.5. The number of hydrogen-bond acceptors (Lipinski definition) is 8. The van der Waals surface area contributed by atoms with Crippen LogP contribution in [-0.2, 0) is 4.79 Å². The smallest absolute Gasteiger partial charge is 0.230 e. The highest BCUT2D eigenvalue weighted by atomic mass is 35.5. The van der Waals surface area contributed by atoms with E-state index in [9.17, 15) is 10.1 Å². The number of aliphatic imine (C=N–C) groups is 1. The Hall–Kier alpha value is -2.08. The number of nitrogens with one attached hydrogen (secondary N) is 2. The summed E-state index contributed by atoms with van der Waals surface area (Å²) in [7, 11) is 0. The van der Waals surface area contributed by atoms with Gasteiger partial charge in [0.25, 0.3) is 0 Å². The van der Waals surface area contributed by atoms with Crippen LogP contribution in [0.1, 0.15) is 45.4 Å². The molecule has 0 aromatic carbocycles. The zero-order chi connectivity index (χ0) is 22.3. The van der Waals surface area contributed by atoms with Gasteiger partial charge >= 0.3 is 0 Å². The molecule has 1 aromatic heterocycles. The maximum atomic E-state index is 12.5. The Kier molecular flexibility index (Phi) is 8.35. The molecule has 1 atom stereocenters. The summed E-state index contributed by atoms with van der Waals surface area (Å²) in [4.78, 5) is 23.2. The number of likely N-dealkylation sites (tertiary alicyclic amines) is 1. The van der Waals surface area contributed by atoms with E-state index in [4.69, 9.17) is 11.6 Å². The number of hydrogen-bond donors (Lipinski definition) is 2. The first-order valence-corrected chi connectivity index (χ1v) is 12.3. The van der Waals surface area contributed by atoms with E-state index in [0.29, 0.717) is 36.7 Å². The number of thioether (sulfide) groups is 1. The van der Waals surface area contributed by atoms with Gasteiger partial charge in [0.2, 0.25) is 5.12 Å². The molecule has 3 rings (SSSR count). The first kappa shape index (κ1) is 23.6. The Balaban J connectivity index is 1.69. The average Bonchev–Trinajstić information content (AvgIpc) is 2.80. The number of unbranched alkanes of at least 4 members (excludes halogenated alkanes) is 2. The van der Waals surface area contributed by atoms with Gasteiger partial charge in [0.1, 0.15) is 23.2 Å². The van der Waals surface area contributed by atoms with Crippen LogP contribution in [-0.4, -0.2) is 46.5 Å². The standard InChI is InChI=1S/C22H29ClN6OS/c1-3-4-5-6-19(30)16-9-11-29(12-10-16)22(23)18(13-24)21(26-15-27-22)28-17-7-8-20(31-2)25-14-17/h7-8,14-16,28H,3-6,9-12H2,1-2H3,(H,26,27). The van der Waals surface area contributed by atoms with E-state index in [-0.39, 0.29) is 5.92 Å². The summed E-state index contributed by atoms with van der Waals surface area (Å²) in [5, 5.41) is 15.7. The van der Waals surface area contributed by atoms with Gasteiger partial charge in [-0.15, -0.1) is 11.8 Å². The van der Waals surface area contributed by atoms with Crippen LogP contribution in [0.25, 0.3) is 0 Å². The van der Waals surface area contributed by atoms with Gasteiger partial charge in [-0.2, -0.15) is 5.26 Å². The van der Waals surface area contributed by atoms with Crippen molar-refractivity contribution in [2.75, 3.05) is 24.7 Å². The van der Waals surface area contributed by atoms with Crippen molar-refractivity contribution < 1.29 is 4.79 Å². The second kappa shape index (κ2) is 11.0. The molecule has 1 aromatic rings. The number of nitrogens with zero attached hydrogens (tertiary/aromatic N) is 4. The summed E-state index contributed by atoms with van der Waals surface area (Å²) in [6.45, 7) is 3.38. The van der Waals surface area contributed by atoms with E-state index < -0.39 is 5.12 Å². The number of piperidine rings is 1.